The van der Waals surface area contributed by atoms with E-state index in [0.29, 0.717) is 0 Å². The maximum Gasteiger partial charge on any atom is 0.333 e. The van der Waals surface area contributed by atoms with Gasteiger partial charge in [0.1, 0.15) is 5.76 Å². The van der Waals surface area contributed by atoms with E-state index in [1.54, 1.807) is 25.4 Å². The first-order valence-corrected chi connectivity index (χ1v) is 6.76. The van der Waals surface area contributed by atoms with Gasteiger partial charge in [0.05, 0.1) is 6.26 Å². The Morgan fingerprint density at radius 2 is 2.14 bits per heavy atom. The fraction of sp³-hybridized carbons (Fsp3) is 0.188. The Hall–Kier alpha value is -2.53. The van der Waals surface area contributed by atoms with E-state index < -0.39 is 0 Å². The summed E-state index contributed by atoms with van der Waals surface area (Å²) in [5.41, 5.74) is 6.82. The van der Waals surface area contributed by atoms with Crippen molar-refractivity contribution in [2.45, 2.75) is 6.42 Å². The van der Waals surface area contributed by atoms with Crippen LogP contribution >= 0.6 is 0 Å². The summed E-state index contributed by atoms with van der Waals surface area (Å²) in [5, 5.41) is 4.41. The summed E-state index contributed by atoms with van der Waals surface area (Å²) in [5.74, 6) is 0.851. The molecule has 0 atom stereocenters. The first-order chi connectivity index (χ1) is 10.1. The first kappa shape index (κ1) is 13.5. The molecule has 1 aromatic carbocycles. The van der Waals surface area contributed by atoms with Crippen LogP contribution in [0.15, 0.2) is 47.1 Å². The molecule has 2 N–H and O–H groups in total. The normalized spacial score (nSPS) is 13.0. The molecule has 0 bridgehead atoms. The van der Waals surface area contributed by atoms with E-state index in [0.717, 1.165) is 29.0 Å². The quantitative estimate of drug-likeness (QED) is 0.852. The molecule has 0 saturated heterocycles. The number of hydrogen-bond donors (Lipinski definition) is 2. The summed E-state index contributed by atoms with van der Waals surface area (Å²) >= 11 is 0. The Morgan fingerprint density at radius 3 is 2.86 bits per heavy atom. The van der Waals surface area contributed by atoms with E-state index in [2.05, 4.69) is 16.8 Å². The third-order valence-electron chi connectivity index (χ3n) is 3.30. The largest absolute Gasteiger partial charge is 0.464 e. The summed E-state index contributed by atoms with van der Waals surface area (Å²) in [4.78, 5) is 11.7. The van der Waals surface area contributed by atoms with Crippen LogP contribution in [0.4, 0.5) is 10.5 Å². The highest BCUT2D eigenvalue weighted by molar-refractivity contribution is 5.91. The van der Waals surface area contributed by atoms with Gasteiger partial charge in [0.25, 0.3) is 0 Å². The van der Waals surface area contributed by atoms with E-state index >= 15 is 0 Å². The summed E-state index contributed by atoms with van der Waals surface area (Å²) in [7, 11) is 3.53. The van der Waals surface area contributed by atoms with Crippen LogP contribution in [0.25, 0.3) is 5.57 Å². The second-order valence-electron chi connectivity index (χ2n) is 5.13. The van der Waals surface area contributed by atoms with Gasteiger partial charge in [-0.2, -0.15) is 0 Å². The standard InChI is InChI=1S/C16H17N3O2/c1-19(2)18-16(20)17-12-7-5-11-6-8-13(14(11)10-12)15-4-3-9-21-15/h3-5,7-10H,6H2,1-2H3,(H2,17,18,20). The monoisotopic (exact) mass is 283 g/mol. The molecule has 0 spiro atoms. The maximum absolute atomic E-state index is 11.7. The minimum Gasteiger partial charge on any atom is -0.464 e. The smallest absolute Gasteiger partial charge is 0.333 e. The molecule has 0 saturated carbocycles. The fourth-order valence-corrected chi connectivity index (χ4v) is 2.43. The van der Waals surface area contributed by atoms with Gasteiger partial charge >= 0.3 is 6.03 Å². The predicted octanol–water partition coefficient (Wildman–Crippen LogP) is 2.87. The van der Waals surface area contributed by atoms with Crippen molar-refractivity contribution in [3.8, 4) is 0 Å². The van der Waals surface area contributed by atoms with Crippen molar-refractivity contribution in [3.05, 3.63) is 59.6 Å². The zero-order chi connectivity index (χ0) is 14.8. The third kappa shape index (κ3) is 2.83. The molecular weight excluding hydrogens is 266 g/mol. The Labute approximate surface area is 123 Å². The molecule has 5 heteroatoms. The number of fused-ring (bicyclic) bond motifs is 1. The highest BCUT2D eigenvalue weighted by Gasteiger charge is 2.18. The SMILES string of the molecule is CN(C)NC(=O)Nc1ccc2c(c1)C(c1ccco1)=CC2. The molecular formula is C16H17N3O2. The number of amides is 2. The van der Waals surface area contributed by atoms with Gasteiger partial charge in [0.15, 0.2) is 0 Å². The van der Waals surface area contributed by atoms with Crippen LogP contribution in [-0.4, -0.2) is 25.1 Å². The first-order valence-electron chi connectivity index (χ1n) is 6.76. The lowest BCUT2D eigenvalue weighted by Crippen LogP contribution is -2.39. The number of carbonyl (C=O) groups excluding carboxylic acids is 1. The molecule has 0 aliphatic heterocycles. The number of carbonyl (C=O) groups is 1. The van der Waals surface area contributed by atoms with Crippen molar-refractivity contribution in [2.24, 2.45) is 0 Å². The lowest BCUT2D eigenvalue weighted by Gasteiger charge is -2.13. The van der Waals surface area contributed by atoms with Crippen molar-refractivity contribution < 1.29 is 9.21 Å². The van der Waals surface area contributed by atoms with Gasteiger partial charge in [0.2, 0.25) is 0 Å². The van der Waals surface area contributed by atoms with Crippen LogP contribution < -0.4 is 10.7 Å². The maximum atomic E-state index is 11.7. The number of urea groups is 1. The Morgan fingerprint density at radius 1 is 1.29 bits per heavy atom. The van der Waals surface area contributed by atoms with E-state index in [1.807, 2.05) is 30.3 Å². The van der Waals surface area contributed by atoms with Gasteiger partial charge in [-0.1, -0.05) is 12.1 Å². The van der Waals surface area contributed by atoms with Gasteiger partial charge in [-0.15, -0.1) is 0 Å². The van der Waals surface area contributed by atoms with E-state index in [1.165, 1.54) is 5.56 Å². The molecule has 0 unspecified atom stereocenters. The lowest BCUT2D eigenvalue weighted by atomic mass is 10.0. The van der Waals surface area contributed by atoms with Crippen LogP contribution in [0.1, 0.15) is 16.9 Å². The van der Waals surface area contributed by atoms with Crippen molar-refractivity contribution in [1.29, 1.82) is 0 Å². The molecule has 1 aliphatic rings. The average Bonchev–Trinajstić information content (AvgIpc) is 3.05. The van der Waals surface area contributed by atoms with Crippen LogP contribution in [0, 0.1) is 0 Å². The molecule has 0 fully saturated rings. The molecule has 1 aliphatic carbocycles. The molecule has 2 aromatic rings. The lowest BCUT2D eigenvalue weighted by molar-refractivity contribution is 0.224. The summed E-state index contributed by atoms with van der Waals surface area (Å²) in [6.07, 6.45) is 4.70. The van der Waals surface area contributed by atoms with E-state index in [4.69, 9.17) is 4.42 Å². The minimum atomic E-state index is -0.263. The van der Waals surface area contributed by atoms with Gasteiger partial charge in [-0.05, 0) is 41.8 Å². The number of benzene rings is 1. The van der Waals surface area contributed by atoms with E-state index in [-0.39, 0.29) is 6.03 Å². The number of rotatable bonds is 3. The summed E-state index contributed by atoms with van der Waals surface area (Å²) in [6, 6.07) is 9.48. The molecule has 3 rings (SSSR count). The second-order valence-corrected chi connectivity index (χ2v) is 5.13. The summed E-state index contributed by atoms with van der Waals surface area (Å²) < 4.78 is 5.47. The molecule has 1 aromatic heterocycles. The number of hydrogen-bond acceptors (Lipinski definition) is 3. The Bertz CT molecular complexity index is 688. The summed E-state index contributed by atoms with van der Waals surface area (Å²) in [6.45, 7) is 0. The zero-order valence-electron chi connectivity index (χ0n) is 12.0. The van der Waals surface area contributed by atoms with Gasteiger partial charge < -0.3 is 9.73 Å². The minimum absolute atomic E-state index is 0.263. The van der Waals surface area contributed by atoms with Crippen LogP contribution in [0.3, 0.4) is 0 Å². The van der Waals surface area contributed by atoms with Crippen LogP contribution in [-0.2, 0) is 6.42 Å². The van der Waals surface area contributed by atoms with Crippen LogP contribution in [0.2, 0.25) is 0 Å². The number of hydrazine groups is 1. The van der Waals surface area contributed by atoms with Crippen molar-refractivity contribution >= 4 is 17.3 Å². The molecule has 0 radical (unpaired) electrons. The zero-order valence-corrected chi connectivity index (χ0v) is 12.0. The highest BCUT2D eigenvalue weighted by atomic mass is 16.3. The molecule has 1 heterocycles. The van der Waals surface area contributed by atoms with Gasteiger partial charge in [0, 0.05) is 25.4 Å². The predicted molar refractivity (Wildman–Crippen MR) is 81.8 cm³/mol. The fourth-order valence-electron chi connectivity index (χ4n) is 2.43. The Kier molecular flexibility index (Phi) is 3.50. The van der Waals surface area contributed by atoms with Crippen LogP contribution in [0.5, 0.6) is 0 Å². The number of furan rings is 1. The number of anilines is 1. The van der Waals surface area contributed by atoms with Crippen molar-refractivity contribution in [3.63, 3.8) is 0 Å². The molecule has 2 amide bonds. The average molecular weight is 283 g/mol. The topological polar surface area (TPSA) is 57.5 Å². The van der Waals surface area contributed by atoms with Gasteiger partial charge in [-0.3, -0.25) is 5.43 Å². The Balaban J connectivity index is 1.83. The van der Waals surface area contributed by atoms with Gasteiger partial charge in [-0.25, -0.2) is 9.80 Å². The van der Waals surface area contributed by atoms with E-state index in [9.17, 15) is 4.79 Å². The highest BCUT2D eigenvalue weighted by Crippen LogP contribution is 2.34. The second kappa shape index (κ2) is 5.46. The molecule has 108 valence electrons. The number of allylic oxidation sites excluding steroid dienone is 1. The van der Waals surface area contributed by atoms with Crippen molar-refractivity contribution in [1.82, 2.24) is 10.4 Å². The number of nitrogens with one attached hydrogen (secondary N) is 2. The third-order valence-corrected chi connectivity index (χ3v) is 3.30. The van der Waals surface area contributed by atoms with Crippen molar-refractivity contribution in [2.75, 3.05) is 19.4 Å². The number of nitrogens with zero attached hydrogens (tertiary/aromatic N) is 1. The molecule has 5 nitrogen and oxygen atoms in total. The molecule has 21 heavy (non-hydrogen) atoms.